The smallest absolute Gasteiger partial charge is 0.221 e. The molecule has 7 heteroatoms. The monoisotopic (exact) mass is 372 g/mol. The Kier molecular flexibility index (Phi) is 3.91. The third kappa shape index (κ3) is 2.76. The maximum atomic E-state index is 11.1. The van der Waals surface area contributed by atoms with Gasteiger partial charge in [0.15, 0.2) is 0 Å². The number of nitrogens with zero attached hydrogens (tertiary/aromatic N) is 3. The van der Waals surface area contributed by atoms with Gasteiger partial charge in [-0.15, -0.1) is 11.3 Å². The molecular weight excluding hydrogens is 356 g/mol. The lowest BCUT2D eigenvalue weighted by molar-refractivity contribution is 0.106. The van der Waals surface area contributed by atoms with Crippen molar-refractivity contribution in [3.63, 3.8) is 0 Å². The second-order valence-electron chi connectivity index (χ2n) is 6.19. The van der Waals surface area contributed by atoms with Gasteiger partial charge in [-0.3, -0.25) is 0 Å². The summed E-state index contributed by atoms with van der Waals surface area (Å²) in [5.41, 5.74) is 7.61. The summed E-state index contributed by atoms with van der Waals surface area (Å²) < 4.78 is 0. The molecule has 0 spiro atoms. The molecule has 3 heterocycles. The van der Waals surface area contributed by atoms with Crippen molar-refractivity contribution in [2.45, 2.75) is 18.9 Å². The van der Waals surface area contributed by atoms with Crippen molar-refractivity contribution in [1.29, 1.82) is 0 Å². The van der Waals surface area contributed by atoms with E-state index in [0.29, 0.717) is 5.02 Å². The standard InChI is InChI=1S/C18H17ClN4OS/c1-18(24,16-13(19)6-9-25-16)12-3-2-11-5-8-23(14(11)10-12)15-4-7-21-17(20)22-15/h2-4,6-7,9-10,24H,5,8H2,1H3,(H2,20,21,22). The van der Waals surface area contributed by atoms with E-state index < -0.39 is 5.60 Å². The van der Waals surface area contributed by atoms with Crippen molar-refractivity contribution in [2.75, 3.05) is 17.2 Å². The predicted molar refractivity (Wildman–Crippen MR) is 102 cm³/mol. The summed E-state index contributed by atoms with van der Waals surface area (Å²) in [5.74, 6) is 1.01. The van der Waals surface area contributed by atoms with Crippen LogP contribution in [-0.4, -0.2) is 21.6 Å². The average molecular weight is 373 g/mol. The normalized spacial score (nSPS) is 15.9. The van der Waals surface area contributed by atoms with Gasteiger partial charge in [-0.1, -0.05) is 23.7 Å². The molecule has 25 heavy (non-hydrogen) atoms. The SMILES string of the molecule is CC(O)(c1ccc2c(c1)N(c1ccnc(N)n1)CC2)c1sccc1Cl. The Morgan fingerprint density at radius 3 is 2.88 bits per heavy atom. The van der Waals surface area contributed by atoms with Gasteiger partial charge >= 0.3 is 0 Å². The fourth-order valence-corrected chi connectivity index (χ4v) is 4.53. The summed E-state index contributed by atoms with van der Waals surface area (Å²) in [6, 6.07) is 9.68. The lowest BCUT2D eigenvalue weighted by Crippen LogP contribution is -2.22. The van der Waals surface area contributed by atoms with Crippen molar-refractivity contribution >= 4 is 40.4 Å². The van der Waals surface area contributed by atoms with Crippen LogP contribution in [0.4, 0.5) is 17.5 Å². The van der Waals surface area contributed by atoms with E-state index in [1.54, 1.807) is 19.2 Å². The minimum absolute atomic E-state index is 0.250. The Bertz CT molecular complexity index is 940. The molecule has 4 rings (SSSR count). The van der Waals surface area contributed by atoms with Gasteiger partial charge in [-0.2, -0.15) is 4.98 Å². The highest BCUT2D eigenvalue weighted by Crippen LogP contribution is 2.41. The van der Waals surface area contributed by atoms with E-state index >= 15 is 0 Å². The van der Waals surface area contributed by atoms with Gasteiger partial charge in [0, 0.05) is 18.4 Å². The number of rotatable bonds is 3. The average Bonchev–Trinajstić information content (AvgIpc) is 3.20. The molecule has 0 radical (unpaired) electrons. The van der Waals surface area contributed by atoms with Crippen LogP contribution in [0.15, 0.2) is 41.9 Å². The van der Waals surface area contributed by atoms with Crippen LogP contribution in [0.2, 0.25) is 5.02 Å². The highest BCUT2D eigenvalue weighted by Gasteiger charge is 2.32. The summed E-state index contributed by atoms with van der Waals surface area (Å²) in [6.07, 6.45) is 2.57. The lowest BCUT2D eigenvalue weighted by atomic mass is 9.92. The summed E-state index contributed by atoms with van der Waals surface area (Å²) in [7, 11) is 0. The molecule has 0 amide bonds. The van der Waals surface area contributed by atoms with Gasteiger partial charge in [0.05, 0.1) is 9.90 Å². The Hall–Kier alpha value is -2.15. The van der Waals surface area contributed by atoms with Crippen molar-refractivity contribution in [3.05, 3.63) is 62.9 Å². The molecule has 3 aromatic rings. The van der Waals surface area contributed by atoms with Gasteiger partial charge in [0.25, 0.3) is 0 Å². The van der Waals surface area contributed by atoms with Gasteiger partial charge in [0.1, 0.15) is 11.4 Å². The molecule has 1 unspecified atom stereocenters. The highest BCUT2D eigenvalue weighted by molar-refractivity contribution is 7.10. The second kappa shape index (κ2) is 5.98. The topological polar surface area (TPSA) is 75.3 Å². The lowest BCUT2D eigenvalue weighted by Gasteiger charge is -2.25. The largest absolute Gasteiger partial charge is 0.380 e. The van der Waals surface area contributed by atoms with Crippen LogP contribution < -0.4 is 10.6 Å². The molecule has 0 bridgehead atoms. The molecule has 1 aromatic carbocycles. The Balaban J connectivity index is 1.77. The number of benzene rings is 1. The number of anilines is 3. The van der Waals surface area contributed by atoms with E-state index in [0.717, 1.165) is 34.9 Å². The first kappa shape index (κ1) is 16.3. The van der Waals surface area contributed by atoms with Crippen LogP contribution >= 0.6 is 22.9 Å². The summed E-state index contributed by atoms with van der Waals surface area (Å²) in [4.78, 5) is 11.1. The number of aliphatic hydroxyl groups is 1. The van der Waals surface area contributed by atoms with E-state index in [-0.39, 0.29) is 5.95 Å². The summed E-state index contributed by atoms with van der Waals surface area (Å²) >= 11 is 7.69. The van der Waals surface area contributed by atoms with Crippen molar-refractivity contribution in [2.24, 2.45) is 0 Å². The van der Waals surface area contributed by atoms with E-state index in [9.17, 15) is 5.11 Å². The zero-order valence-electron chi connectivity index (χ0n) is 13.6. The van der Waals surface area contributed by atoms with Crippen LogP contribution in [0.3, 0.4) is 0 Å². The number of aromatic nitrogens is 2. The zero-order valence-corrected chi connectivity index (χ0v) is 15.2. The third-order valence-electron chi connectivity index (χ3n) is 4.54. The van der Waals surface area contributed by atoms with Crippen LogP contribution in [0.1, 0.15) is 22.9 Å². The number of hydrogen-bond acceptors (Lipinski definition) is 6. The van der Waals surface area contributed by atoms with Crippen LogP contribution in [0.25, 0.3) is 0 Å². The number of halogens is 1. The minimum atomic E-state index is -1.15. The van der Waals surface area contributed by atoms with E-state index in [4.69, 9.17) is 17.3 Å². The highest BCUT2D eigenvalue weighted by atomic mass is 35.5. The second-order valence-corrected chi connectivity index (χ2v) is 7.51. The molecule has 2 aromatic heterocycles. The molecule has 0 saturated heterocycles. The molecule has 0 fully saturated rings. The number of fused-ring (bicyclic) bond motifs is 1. The van der Waals surface area contributed by atoms with E-state index in [2.05, 4.69) is 20.9 Å². The van der Waals surface area contributed by atoms with Crippen LogP contribution in [-0.2, 0) is 12.0 Å². The Morgan fingerprint density at radius 2 is 2.16 bits per heavy atom. The molecule has 5 nitrogen and oxygen atoms in total. The van der Waals surface area contributed by atoms with Crippen LogP contribution in [0, 0.1) is 0 Å². The van der Waals surface area contributed by atoms with E-state index in [1.165, 1.54) is 16.9 Å². The summed E-state index contributed by atoms with van der Waals surface area (Å²) in [6.45, 7) is 2.59. The fourth-order valence-electron chi connectivity index (χ4n) is 3.21. The first-order valence-corrected chi connectivity index (χ1v) is 9.18. The maximum Gasteiger partial charge on any atom is 0.221 e. The van der Waals surface area contributed by atoms with Crippen LogP contribution in [0.5, 0.6) is 0 Å². The molecule has 3 N–H and O–H groups in total. The number of hydrogen-bond donors (Lipinski definition) is 2. The fraction of sp³-hybridized carbons (Fsp3) is 0.222. The van der Waals surface area contributed by atoms with Gasteiger partial charge in [0.2, 0.25) is 5.95 Å². The predicted octanol–water partition coefficient (Wildman–Crippen LogP) is 3.72. The first-order valence-electron chi connectivity index (χ1n) is 7.92. The zero-order chi connectivity index (χ0) is 17.6. The first-order chi connectivity index (χ1) is 12.0. The molecule has 1 aliphatic rings. The minimum Gasteiger partial charge on any atom is -0.380 e. The molecule has 1 aliphatic heterocycles. The Morgan fingerprint density at radius 1 is 1.32 bits per heavy atom. The quantitative estimate of drug-likeness (QED) is 0.732. The van der Waals surface area contributed by atoms with E-state index in [1.807, 2.05) is 23.6 Å². The van der Waals surface area contributed by atoms with Crippen molar-refractivity contribution < 1.29 is 5.11 Å². The number of thiophene rings is 1. The maximum absolute atomic E-state index is 11.1. The Labute approximate surface area is 154 Å². The molecule has 128 valence electrons. The third-order valence-corrected chi connectivity index (χ3v) is 6.09. The molecule has 0 saturated carbocycles. The van der Waals surface area contributed by atoms with Crippen molar-refractivity contribution in [1.82, 2.24) is 9.97 Å². The molecule has 0 aliphatic carbocycles. The summed E-state index contributed by atoms with van der Waals surface area (Å²) in [5, 5.41) is 13.6. The van der Waals surface area contributed by atoms with Crippen molar-refractivity contribution in [3.8, 4) is 0 Å². The number of nitrogen functional groups attached to an aromatic ring is 1. The van der Waals surface area contributed by atoms with Gasteiger partial charge < -0.3 is 15.7 Å². The van der Waals surface area contributed by atoms with Gasteiger partial charge in [-0.25, -0.2) is 4.98 Å². The van der Waals surface area contributed by atoms with Gasteiger partial charge in [-0.05, 0) is 48.1 Å². The molecular formula is C18H17ClN4OS. The number of nitrogens with two attached hydrogens (primary N) is 1. The molecule has 1 atom stereocenters.